The van der Waals surface area contributed by atoms with Gasteiger partial charge in [-0.3, -0.25) is 5.21 Å². The first kappa shape index (κ1) is 28.5. The molecule has 11 heteroatoms. The molecule has 0 spiro atoms. The number of carbonyl (C=O) groups is 1. The average Bonchev–Trinajstić information content (AvgIpc) is 2.86. The van der Waals surface area contributed by atoms with E-state index >= 15 is 0 Å². The van der Waals surface area contributed by atoms with Crippen molar-refractivity contribution in [1.82, 2.24) is 10.4 Å². The molecular weight excluding hydrogens is 510 g/mol. The third-order valence-corrected chi connectivity index (χ3v) is 6.21. The average molecular weight is 542 g/mol. The molecule has 1 heterocycles. The second kappa shape index (κ2) is 12.4. The van der Waals surface area contributed by atoms with Gasteiger partial charge in [0.05, 0.1) is 18.6 Å². The molecule has 202 valence electrons. The van der Waals surface area contributed by atoms with Crippen LogP contribution in [0.4, 0.5) is 4.79 Å². The van der Waals surface area contributed by atoms with Crippen LogP contribution >= 0.6 is 0 Å². The van der Waals surface area contributed by atoms with E-state index in [9.17, 15) is 18.4 Å². The van der Waals surface area contributed by atoms with Crippen molar-refractivity contribution in [3.05, 3.63) is 96.1 Å². The van der Waals surface area contributed by atoms with Crippen LogP contribution in [0.1, 0.15) is 20.8 Å². The minimum atomic E-state index is -4.11. The number of methoxy groups -OCH3 is 1. The summed E-state index contributed by atoms with van der Waals surface area (Å²) in [5.41, 5.74) is 0.724. The molecular formula is C27H31N3O7S. The molecule has 0 unspecified atom stereocenters. The highest BCUT2D eigenvalue weighted by atomic mass is 32.2. The lowest BCUT2D eigenvalue weighted by Crippen LogP contribution is -2.34. The van der Waals surface area contributed by atoms with Gasteiger partial charge in [0.1, 0.15) is 29.4 Å². The predicted molar refractivity (Wildman–Crippen MR) is 143 cm³/mol. The summed E-state index contributed by atoms with van der Waals surface area (Å²) in [4.78, 5) is 11.9. The lowest BCUT2D eigenvalue weighted by molar-refractivity contribution is 0.0105. The van der Waals surface area contributed by atoms with Gasteiger partial charge in [-0.05, 0) is 68.8 Å². The number of ether oxygens (including phenoxy) is 3. The highest BCUT2D eigenvalue weighted by Gasteiger charge is 2.22. The Morgan fingerprint density at radius 3 is 2.42 bits per heavy atom. The molecule has 2 N–H and O–H groups in total. The first-order chi connectivity index (χ1) is 18.0. The highest BCUT2D eigenvalue weighted by molar-refractivity contribution is 7.90. The summed E-state index contributed by atoms with van der Waals surface area (Å²) in [5.74, 6) is 0.734. The Hall–Kier alpha value is -4.09. The monoisotopic (exact) mass is 541 g/mol. The van der Waals surface area contributed by atoms with E-state index in [0.717, 1.165) is 10.6 Å². The smallest absolute Gasteiger partial charge is 0.407 e. The first-order valence-electron chi connectivity index (χ1n) is 11.7. The molecule has 3 rings (SSSR count). The molecule has 1 aliphatic heterocycles. The number of rotatable bonds is 8. The fourth-order valence-electron chi connectivity index (χ4n) is 3.16. The van der Waals surface area contributed by atoms with Gasteiger partial charge in [-0.25, -0.2) is 9.86 Å². The molecule has 1 aromatic carbocycles. The molecule has 0 atom stereocenters. The van der Waals surface area contributed by atoms with Crippen LogP contribution in [0.5, 0.6) is 5.75 Å². The van der Waals surface area contributed by atoms with E-state index in [-0.39, 0.29) is 29.5 Å². The van der Waals surface area contributed by atoms with E-state index < -0.39 is 21.7 Å². The number of amides is 1. The van der Waals surface area contributed by atoms with Crippen molar-refractivity contribution in [2.45, 2.75) is 31.3 Å². The van der Waals surface area contributed by atoms with Gasteiger partial charge >= 0.3 is 6.09 Å². The van der Waals surface area contributed by atoms with Crippen molar-refractivity contribution >= 4 is 21.8 Å². The van der Waals surface area contributed by atoms with Crippen LogP contribution in [0.3, 0.4) is 0 Å². The normalized spacial score (nSPS) is 17.4. The Morgan fingerprint density at radius 1 is 1.11 bits per heavy atom. The van der Waals surface area contributed by atoms with E-state index in [1.165, 1.54) is 43.8 Å². The van der Waals surface area contributed by atoms with Crippen molar-refractivity contribution in [3.63, 3.8) is 0 Å². The number of nitrogens with one attached hydrogen (secondary N) is 1. The molecule has 10 nitrogen and oxygen atoms in total. The van der Waals surface area contributed by atoms with E-state index in [1.807, 2.05) is 0 Å². The largest absolute Gasteiger partial charge is 0.497 e. The van der Waals surface area contributed by atoms with Gasteiger partial charge in [0, 0.05) is 18.0 Å². The lowest BCUT2D eigenvalue weighted by Gasteiger charge is -2.20. The molecule has 0 radical (unpaired) electrons. The Balaban J connectivity index is 1.86. The second-order valence-corrected chi connectivity index (χ2v) is 10.7. The molecule has 0 bridgehead atoms. The van der Waals surface area contributed by atoms with Crippen molar-refractivity contribution < 1.29 is 32.6 Å². The standard InChI is InChI=1S/C27H31N3O7S/c1-27(2,3)37-26(31)28-16-19-36-24-7-5-6-21(9-8-20-14-17-30(32)18-15-20)25(24)29-38(33,34)23-12-10-22(35-4)11-13-23/h5-15,17-18,32H,16,19H2,1-4H3,(H,28,31). The maximum Gasteiger partial charge on any atom is 0.407 e. The molecule has 0 saturated heterocycles. The summed E-state index contributed by atoms with van der Waals surface area (Å²) in [6.07, 6.45) is 14.2. The van der Waals surface area contributed by atoms with E-state index in [1.54, 1.807) is 63.3 Å². The van der Waals surface area contributed by atoms with Gasteiger partial charge in [0.25, 0.3) is 10.0 Å². The molecule has 0 saturated carbocycles. The van der Waals surface area contributed by atoms with Gasteiger partial charge in [-0.15, -0.1) is 0 Å². The van der Waals surface area contributed by atoms with Crippen molar-refractivity contribution in [2.24, 2.45) is 4.40 Å². The molecule has 0 aromatic heterocycles. The Labute approximate surface area is 222 Å². The minimum absolute atomic E-state index is 0.00909. The maximum absolute atomic E-state index is 13.2. The zero-order valence-electron chi connectivity index (χ0n) is 21.6. The third-order valence-electron chi connectivity index (χ3n) is 4.92. The van der Waals surface area contributed by atoms with E-state index in [4.69, 9.17) is 14.2 Å². The lowest BCUT2D eigenvalue weighted by atomic mass is 10.0. The number of hydrogen-bond acceptors (Lipinski definition) is 8. The van der Waals surface area contributed by atoms with Crippen molar-refractivity contribution in [2.75, 3.05) is 20.3 Å². The minimum Gasteiger partial charge on any atom is -0.497 e. The van der Waals surface area contributed by atoms with Crippen LogP contribution < -0.4 is 10.1 Å². The maximum atomic E-state index is 13.2. The Kier molecular flexibility index (Phi) is 9.32. The topological polar surface area (TPSA) is 127 Å². The molecule has 1 aromatic rings. The van der Waals surface area contributed by atoms with Gasteiger partial charge in [0.2, 0.25) is 0 Å². The molecule has 1 amide bonds. The molecule has 0 fully saturated rings. The van der Waals surface area contributed by atoms with Crippen LogP contribution in [-0.4, -0.2) is 56.4 Å². The summed E-state index contributed by atoms with van der Waals surface area (Å²) in [6, 6.07) is 5.90. The second-order valence-electron chi connectivity index (χ2n) is 9.06. The van der Waals surface area contributed by atoms with E-state index in [0.29, 0.717) is 11.3 Å². The summed E-state index contributed by atoms with van der Waals surface area (Å²) in [6.45, 7) is 5.46. The van der Waals surface area contributed by atoms with Crippen LogP contribution in [0.2, 0.25) is 0 Å². The van der Waals surface area contributed by atoms with Crippen molar-refractivity contribution in [1.29, 1.82) is 0 Å². The number of carbonyl (C=O) groups excluding carboxylic acids is 1. The number of hydrogen-bond donors (Lipinski definition) is 2. The van der Waals surface area contributed by atoms with Gasteiger partial charge in [-0.1, -0.05) is 24.3 Å². The van der Waals surface area contributed by atoms with Crippen LogP contribution in [-0.2, 0) is 19.5 Å². The highest BCUT2D eigenvalue weighted by Crippen LogP contribution is 2.23. The predicted octanol–water partition coefficient (Wildman–Crippen LogP) is 4.40. The van der Waals surface area contributed by atoms with Crippen LogP contribution in [0.15, 0.2) is 105 Å². The van der Waals surface area contributed by atoms with E-state index in [2.05, 4.69) is 9.71 Å². The first-order valence-corrected chi connectivity index (χ1v) is 13.1. The summed E-state index contributed by atoms with van der Waals surface area (Å²) in [5, 5.41) is 12.9. The fourth-order valence-corrected chi connectivity index (χ4v) is 4.19. The summed E-state index contributed by atoms with van der Waals surface area (Å²) >= 11 is 0. The van der Waals surface area contributed by atoms with Gasteiger partial charge in [-0.2, -0.15) is 12.8 Å². The van der Waals surface area contributed by atoms with Crippen LogP contribution in [0, 0.1) is 0 Å². The number of nitrogens with zero attached hydrogens (tertiary/aromatic N) is 2. The summed E-state index contributed by atoms with van der Waals surface area (Å²) < 4.78 is 46.6. The van der Waals surface area contributed by atoms with Crippen LogP contribution in [0.25, 0.3) is 0 Å². The Morgan fingerprint density at radius 2 is 1.79 bits per heavy atom. The number of benzene rings is 1. The number of allylic oxidation sites excluding steroid dienone is 9. The number of hydroxylamine groups is 2. The number of sulfonamides is 1. The zero-order chi connectivity index (χ0) is 27.8. The zero-order valence-corrected chi connectivity index (χ0v) is 22.4. The third kappa shape index (κ3) is 8.49. The summed E-state index contributed by atoms with van der Waals surface area (Å²) in [7, 11) is -2.62. The Bertz CT molecular complexity index is 1330. The van der Waals surface area contributed by atoms with Crippen molar-refractivity contribution in [3.8, 4) is 5.75 Å². The molecule has 1 aliphatic carbocycles. The molecule has 38 heavy (non-hydrogen) atoms. The quantitative estimate of drug-likeness (QED) is 0.464. The molecule has 2 aliphatic rings. The van der Waals surface area contributed by atoms with Gasteiger partial charge < -0.3 is 19.5 Å². The van der Waals surface area contributed by atoms with Gasteiger partial charge in [0.15, 0.2) is 0 Å². The SMILES string of the molecule is COc1ccc(S(=O)(=O)N=C2C(=CC=C3C=CN(O)C=C3)C=CC=C2OCCNC(=O)OC(C)(C)C)cc1. The number of alkyl carbamates (subject to hydrolysis) is 1. The fraction of sp³-hybridized carbons (Fsp3) is 0.259.